The van der Waals surface area contributed by atoms with Gasteiger partial charge in [0.2, 0.25) is 0 Å². The number of nitrogens with zero attached hydrogens (tertiary/aromatic N) is 2. The van der Waals surface area contributed by atoms with Crippen molar-refractivity contribution in [1.82, 2.24) is 4.90 Å². The van der Waals surface area contributed by atoms with Crippen molar-refractivity contribution >= 4 is 12.3 Å². The molecule has 1 amide bonds. The molecule has 0 aromatic rings. The van der Waals surface area contributed by atoms with Gasteiger partial charge in [-0.05, 0) is 20.8 Å². The molecule has 0 fully saturated rings. The SMILES string of the molecule is CC(C)(C)OC(=O)N1CC=C2C=NC=C21. The lowest BCUT2D eigenvalue weighted by molar-refractivity contribution is 0.0345. The third-order valence-corrected chi connectivity index (χ3v) is 2.10. The zero-order valence-corrected chi connectivity index (χ0v) is 9.15. The third-order valence-electron chi connectivity index (χ3n) is 2.10. The lowest BCUT2D eigenvalue weighted by Crippen LogP contribution is -2.34. The summed E-state index contributed by atoms with van der Waals surface area (Å²) >= 11 is 0. The van der Waals surface area contributed by atoms with Gasteiger partial charge in [0, 0.05) is 18.3 Å². The Kier molecular flexibility index (Phi) is 2.14. The zero-order chi connectivity index (χ0) is 11.1. The van der Waals surface area contributed by atoms with Gasteiger partial charge in [0.05, 0.1) is 11.9 Å². The van der Waals surface area contributed by atoms with Gasteiger partial charge >= 0.3 is 6.09 Å². The van der Waals surface area contributed by atoms with Crippen LogP contribution in [0.1, 0.15) is 20.8 Å². The first-order chi connectivity index (χ1) is 6.97. The summed E-state index contributed by atoms with van der Waals surface area (Å²) in [5, 5.41) is 0. The Bertz CT molecular complexity index is 386. The van der Waals surface area contributed by atoms with Gasteiger partial charge in [-0.2, -0.15) is 0 Å². The highest BCUT2D eigenvalue weighted by molar-refractivity contribution is 5.91. The summed E-state index contributed by atoms with van der Waals surface area (Å²) in [4.78, 5) is 17.4. The first-order valence-electron chi connectivity index (χ1n) is 4.92. The second-order valence-electron chi connectivity index (χ2n) is 4.54. The van der Waals surface area contributed by atoms with E-state index in [4.69, 9.17) is 4.74 Å². The van der Waals surface area contributed by atoms with Crippen molar-refractivity contribution in [3.8, 4) is 0 Å². The van der Waals surface area contributed by atoms with E-state index in [1.54, 1.807) is 17.3 Å². The fraction of sp³-hybridized carbons (Fsp3) is 0.455. The number of allylic oxidation sites excluding steroid dienone is 1. The summed E-state index contributed by atoms with van der Waals surface area (Å²) in [5.74, 6) is 0. The van der Waals surface area contributed by atoms with Crippen LogP contribution in [0.15, 0.2) is 28.5 Å². The monoisotopic (exact) mass is 206 g/mol. The van der Waals surface area contributed by atoms with Gasteiger partial charge in [-0.1, -0.05) is 6.08 Å². The van der Waals surface area contributed by atoms with Crippen molar-refractivity contribution in [2.24, 2.45) is 4.99 Å². The first-order valence-corrected chi connectivity index (χ1v) is 4.92. The molecular weight excluding hydrogens is 192 g/mol. The van der Waals surface area contributed by atoms with Crippen molar-refractivity contribution in [2.45, 2.75) is 26.4 Å². The molecule has 0 atom stereocenters. The quantitative estimate of drug-likeness (QED) is 0.609. The molecule has 15 heavy (non-hydrogen) atoms. The van der Waals surface area contributed by atoms with Crippen molar-refractivity contribution in [3.63, 3.8) is 0 Å². The zero-order valence-electron chi connectivity index (χ0n) is 9.15. The van der Waals surface area contributed by atoms with Crippen LogP contribution in [0.5, 0.6) is 0 Å². The number of aliphatic imine (C=N–C) groups is 1. The van der Waals surface area contributed by atoms with Gasteiger partial charge < -0.3 is 4.74 Å². The molecule has 4 heteroatoms. The van der Waals surface area contributed by atoms with E-state index in [-0.39, 0.29) is 6.09 Å². The Morgan fingerprint density at radius 1 is 1.53 bits per heavy atom. The highest BCUT2D eigenvalue weighted by Crippen LogP contribution is 2.26. The highest BCUT2D eigenvalue weighted by Gasteiger charge is 2.30. The minimum Gasteiger partial charge on any atom is -0.443 e. The summed E-state index contributed by atoms with van der Waals surface area (Å²) < 4.78 is 5.29. The Morgan fingerprint density at radius 2 is 2.27 bits per heavy atom. The molecule has 4 nitrogen and oxygen atoms in total. The Morgan fingerprint density at radius 3 is 2.93 bits per heavy atom. The molecule has 2 aliphatic heterocycles. The number of fused-ring (bicyclic) bond motifs is 1. The molecule has 2 heterocycles. The largest absolute Gasteiger partial charge is 0.443 e. The van der Waals surface area contributed by atoms with E-state index >= 15 is 0 Å². The normalized spacial score (nSPS) is 18.7. The second-order valence-corrected chi connectivity index (χ2v) is 4.54. The molecule has 2 aliphatic rings. The number of amides is 1. The fourth-order valence-corrected chi connectivity index (χ4v) is 1.49. The molecule has 0 aromatic carbocycles. The topological polar surface area (TPSA) is 41.9 Å². The minimum atomic E-state index is -0.458. The van der Waals surface area contributed by atoms with Crippen LogP contribution in [0, 0.1) is 0 Å². The van der Waals surface area contributed by atoms with Gasteiger partial charge in [-0.25, -0.2) is 4.79 Å². The van der Waals surface area contributed by atoms with E-state index in [0.29, 0.717) is 6.54 Å². The predicted octanol–water partition coefficient (Wildman–Crippen LogP) is 2.09. The van der Waals surface area contributed by atoms with Crippen molar-refractivity contribution in [1.29, 1.82) is 0 Å². The molecule has 0 unspecified atom stereocenters. The van der Waals surface area contributed by atoms with Gasteiger partial charge in [-0.15, -0.1) is 0 Å². The maximum atomic E-state index is 11.8. The second kappa shape index (κ2) is 3.22. The molecule has 0 aliphatic carbocycles. The molecule has 0 N–H and O–H groups in total. The fourth-order valence-electron chi connectivity index (χ4n) is 1.49. The molecule has 2 rings (SSSR count). The lowest BCUT2D eigenvalue weighted by atomic mass is 10.2. The van der Waals surface area contributed by atoms with Crippen LogP contribution in [0.3, 0.4) is 0 Å². The van der Waals surface area contributed by atoms with Crippen LogP contribution in [0.2, 0.25) is 0 Å². The molecular formula is C11H14N2O2. The number of hydrogen-bond acceptors (Lipinski definition) is 3. The van der Waals surface area contributed by atoms with Gasteiger partial charge in [0.1, 0.15) is 5.60 Å². The van der Waals surface area contributed by atoms with Crippen molar-refractivity contribution < 1.29 is 9.53 Å². The van der Waals surface area contributed by atoms with Gasteiger partial charge in [-0.3, -0.25) is 9.89 Å². The summed E-state index contributed by atoms with van der Waals surface area (Å²) in [6.45, 7) is 6.14. The van der Waals surface area contributed by atoms with Gasteiger partial charge in [0.25, 0.3) is 0 Å². The summed E-state index contributed by atoms with van der Waals surface area (Å²) in [5.41, 5.74) is 1.38. The van der Waals surface area contributed by atoms with E-state index < -0.39 is 5.60 Å². The Labute approximate surface area is 88.9 Å². The van der Waals surface area contributed by atoms with E-state index in [2.05, 4.69) is 4.99 Å². The standard InChI is InChI=1S/C11H14N2O2/c1-11(2,3)15-10(14)13-5-4-8-6-12-7-9(8)13/h4,6-7H,5H2,1-3H3. The van der Waals surface area contributed by atoms with E-state index in [9.17, 15) is 4.79 Å². The van der Waals surface area contributed by atoms with Crippen molar-refractivity contribution in [3.05, 3.63) is 23.5 Å². The lowest BCUT2D eigenvalue weighted by Gasteiger charge is -2.24. The van der Waals surface area contributed by atoms with Crippen LogP contribution < -0.4 is 0 Å². The Balaban J connectivity index is 2.06. The number of carbonyl (C=O) groups is 1. The van der Waals surface area contributed by atoms with Crippen LogP contribution in [-0.4, -0.2) is 29.4 Å². The molecule has 0 bridgehead atoms. The van der Waals surface area contributed by atoms with E-state index in [0.717, 1.165) is 11.3 Å². The number of hydrogen-bond donors (Lipinski definition) is 0. The van der Waals surface area contributed by atoms with Crippen molar-refractivity contribution in [2.75, 3.05) is 6.54 Å². The smallest absolute Gasteiger partial charge is 0.415 e. The molecule has 0 radical (unpaired) electrons. The van der Waals surface area contributed by atoms with Crippen LogP contribution in [0.4, 0.5) is 4.79 Å². The molecule has 0 saturated carbocycles. The van der Waals surface area contributed by atoms with Crippen LogP contribution >= 0.6 is 0 Å². The Hall–Kier alpha value is -1.58. The number of carbonyl (C=O) groups excluding carboxylic acids is 1. The summed E-state index contributed by atoms with van der Waals surface area (Å²) in [7, 11) is 0. The molecule has 0 spiro atoms. The van der Waals surface area contributed by atoms with E-state index in [1.807, 2.05) is 26.8 Å². The highest BCUT2D eigenvalue weighted by atomic mass is 16.6. The maximum absolute atomic E-state index is 11.8. The summed E-state index contributed by atoms with van der Waals surface area (Å²) in [6.07, 6.45) is 5.08. The maximum Gasteiger partial charge on any atom is 0.415 e. The third kappa shape index (κ3) is 1.93. The first kappa shape index (κ1) is 9.96. The van der Waals surface area contributed by atoms with Gasteiger partial charge in [0.15, 0.2) is 0 Å². The number of rotatable bonds is 0. The minimum absolute atomic E-state index is 0.314. The van der Waals surface area contributed by atoms with Crippen LogP contribution in [0.25, 0.3) is 0 Å². The number of ether oxygens (including phenoxy) is 1. The van der Waals surface area contributed by atoms with E-state index in [1.165, 1.54) is 0 Å². The molecule has 80 valence electrons. The predicted molar refractivity (Wildman–Crippen MR) is 57.6 cm³/mol. The average Bonchev–Trinajstić information content (AvgIpc) is 2.57. The molecule has 0 saturated heterocycles. The van der Waals surface area contributed by atoms with Crippen LogP contribution in [-0.2, 0) is 4.74 Å². The molecule has 0 aromatic heterocycles. The summed E-state index contributed by atoms with van der Waals surface area (Å²) in [6, 6.07) is 0. The average molecular weight is 206 g/mol.